The fourth-order valence-corrected chi connectivity index (χ4v) is 3.62. The topological polar surface area (TPSA) is 82.3 Å². The van der Waals surface area contributed by atoms with Crippen LogP contribution in [0.3, 0.4) is 0 Å². The van der Waals surface area contributed by atoms with Gasteiger partial charge in [-0.2, -0.15) is 0 Å². The number of H-pyrrole nitrogens is 1. The molecule has 5 heterocycles. The SMILES string of the molecule is OC1CCN(c2cncc3ncc(-c4ccnc5[nH]ccc45)n23)CC1. The minimum atomic E-state index is -0.203. The van der Waals surface area contributed by atoms with E-state index in [0.29, 0.717) is 0 Å². The molecular weight excluding hydrogens is 316 g/mol. The highest BCUT2D eigenvalue weighted by Gasteiger charge is 2.21. The van der Waals surface area contributed by atoms with Gasteiger partial charge < -0.3 is 15.0 Å². The van der Waals surface area contributed by atoms with Crippen LogP contribution in [0, 0.1) is 0 Å². The maximum absolute atomic E-state index is 9.80. The maximum atomic E-state index is 9.80. The molecule has 0 saturated carbocycles. The maximum Gasteiger partial charge on any atom is 0.157 e. The Labute approximate surface area is 144 Å². The zero-order chi connectivity index (χ0) is 16.8. The number of piperidine rings is 1. The van der Waals surface area contributed by atoms with Gasteiger partial charge >= 0.3 is 0 Å². The van der Waals surface area contributed by atoms with Gasteiger partial charge in [-0.25, -0.2) is 9.97 Å². The van der Waals surface area contributed by atoms with Crippen molar-refractivity contribution in [3.63, 3.8) is 0 Å². The molecule has 4 aromatic heterocycles. The molecule has 1 aliphatic heterocycles. The van der Waals surface area contributed by atoms with Gasteiger partial charge in [0.15, 0.2) is 5.65 Å². The lowest BCUT2D eigenvalue weighted by Crippen LogP contribution is -2.36. The van der Waals surface area contributed by atoms with Crippen molar-refractivity contribution in [2.75, 3.05) is 18.0 Å². The summed E-state index contributed by atoms with van der Waals surface area (Å²) in [4.78, 5) is 18.7. The number of aromatic nitrogens is 5. The zero-order valence-corrected chi connectivity index (χ0v) is 13.6. The Kier molecular flexibility index (Phi) is 3.21. The first-order valence-corrected chi connectivity index (χ1v) is 8.48. The van der Waals surface area contributed by atoms with Gasteiger partial charge in [-0.1, -0.05) is 0 Å². The van der Waals surface area contributed by atoms with E-state index in [-0.39, 0.29) is 6.10 Å². The van der Waals surface area contributed by atoms with Crippen LogP contribution in [-0.4, -0.2) is 48.6 Å². The van der Waals surface area contributed by atoms with Gasteiger partial charge in [0.25, 0.3) is 0 Å². The fourth-order valence-electron chi connectivity index (χ4n) is 3.62. The van der Waals surface area contributed by atoms with Gasteiger partial charge in [0, 0.05) is 36.4 Å². The van der Waals surface area contributed by atoms with Crippen molar-refractivity contribution < 1.29 is 5.11 Å². The third-order valence-corrected chi connectivity index (χ3v) is 4.92. The Bertz CT molecular complexity index is 1040. The van der Waals surface area contributed by atoms with Crippen molar-refractivity contribution in [3.05, 3.63) is 43.1 Å². The van der Waals surface area contributed by atoms with Crippen LogP contribution in [0.4, 0.5) is 5.82 Å². The molecule has 2 N–H and O–H groups in total. The van der Waals surface area contributed by atoms with E-state index in [4.69, 9.17) is 0 Å². The van der Waals surface area contributed by atoms with E-state index in [0.717, 1.165) is 59.7 Å². The summed E-state index contributed by atoms with van der Waals surface area (Å²) in [5.41, 5.74) is 3.79. The van der Waals surface area contributed by atoms with E-state index >= 15 is 0 Å². The number of hydrogen-bond donors (Lipinski definition) is 2. The van der Waals surface area contributed by atoms with Crippen molar-refractivity contribution in [2.24, 2.45) is 0 Å². The Morgan fingerprint density at radius 2 is 1.96 bits per heavy atom. The summed E-state index contributed by atoms with van der Waals surface area (Å²) in [7, 11) is 0. The lowest BCUT2D eigenvalue weighted by Gasteiger charge is -2.31. The van der Waals surface area contributed by atoms with E-state index < -0.39 is 0 Å². The number of anilines is 1. The molecule has 0 bridgehead atoms. The standard InChI is InChI=1S/C18H18N6O/c25-12-3-7-23(8-4-12)17-11-19-10-16-22-9-15(24(16)17)13-1-5-20-18-14(13)2-6-21-18/h1-2,5-6,9-12,25H,3-4,7-8H2,(H,20,21). The Hall–Kier alpha value is -2.93. The molecule has 0 aromatic carbocycles. The van der Waals surface area contributed by atoms with Gasteiger partial charge in [0.1, 0.15) is 11.5 Å². The van der Waals surface area contributed by atoms with Crippen LogP contribution in [0.5, 0.6) is 0 Å². The summed E-state index contributed by atoms with van der Waals surface area (Å²) in [6.07, 6.45) is 10.6. The van der Waals surface area contributed by atoms with Crippen LogP contribution < -0.4 is 4.90 Å². The third-order valence-electron chi connectivity index (χ3n) is 4.92. The van der Waals surface area contributed by atoms with Crippen LogP contribution in [0.15, 0.2) is 43.1 Å². The van der Waals surface area contributed by atoms with Crippen molar-refractivity contribution in [3.8, 4) is 11.3 Å². The van der Waals surface area contributed by atoms with E-state index in [1.54, 1.807) is 6.20 Å². The molecule has 25 heavy (non-hydrogen) atoms. The van der Waals surface area contributed by atoms with Crippen LogP contribution in [0.2, 0.25) is 0 Å². The molecule has 126 valence electrons. The number of pyridine rings is 1. The molecule has 7 nitrogen and oxygen atoms in total. The first kappa shape index (κ1) is 14.4. The molecule has 0 atom stereocenters. The highest BCUT2D eigenvalue weighted by molar-refractivity contribution is 5.92. The van der Waals surface area contributed by atoms with Gasteiger partial charge in [-0.05, 0) is 25.0 Å². The first-order valence-electron chi connectivity index (χ1n) is 8.48. The highest BCUT2D eigenvalue weighted by atomic mass is 16.3. The number of aliphatic hydroxyl groups excluding tert-OH is 1. The number of nitrogens with one attached hydrogen (secondary N) is 1. The van der Waals surface area contributed by atoms with E-state index in [2.05, 4.69) is 29.2 Å². The molecular formula is C18H18N6O. The lowest BCUT2D eigenvalue weighted by molar-refractivity contribution is 0.145. The normalized spacial score (nSPS) is 16.1. The monoisotopic (exact) mass is 334 g/mol. The predicted octanol–water partition coefficient (Wildman–Crippen LogP) is 2.23. The summed E-state index contributed by atoms with van der Waals surface area (Å²) in [5.74, 6) is 1.01. The third kappa shape index (κ3) is 2.27. The summed E-state index contributed by atoms with van der Waals surface area (Å²) >= 11 is 0. The zero-order valence-electron chi connectivity index (χ0n) is 13.6. The van der Waals surface area contributed by atoms with Crippen LogP contribution >= 0.6 is 0 Å². The summed E-state index contributed by atoms with van der Waals surface area (Å²) in [6.45, 7) is 1.63. The number of imidazole rings is 1. The molecule has 7 heteroatoms. The molecule has 0 radical (unpaired) electrons. The van der Waals surface area contributed by atoms with Gasteiger partial charge in [-0.3, -0.25) is 9.38 Å². The molecule has 0 amide bonds. The molecule has 4 aromatic rings. The average molecular weight is 334 g/mol. The Balaban J connectivity index is 1.71. The predicted molar refractivity (Wildman–Crippen MR) is 95.5 cm³/mol. The number of aliphatic hydroxyl groups is 1. The molecule has 0 spiro atoms. The molecule has 1 fully saturated rings. The van der Waals surface area contributed by atoms with E-state index in [9.17, 15) is 5.11 Å². The fraction of sp³-hybridized carbons (Fsp3) is 0.278. The molecule has 0 unspecified atom stereocenters. The van der Waals surface area contributed by atoms with Crippen LogP contribution in [0.25, 0.3) is 27.9 Å². The molecule has 1 saturated heterocycles. The van der Waals surface area contributed by atoms with Crippen molar-refractivity contribution in [1.29, 1.82) is 0 Å². The van der Waals surface area contributed by atoms with Crippen LogP contribution in [-0.2, 0) is 0 Å². The second-order valence-corrected chi connectivity index (χ2v) is 6.42. The minimum absolute atomic E-state index is 0.203. The van der Waals surface area contributed by atoms with Gasteiger partial charge in [0.05, 0.1) is 30.4 Å². The van der Waals surface area contributed by atoms with Crippen molar-refractivity contribution in [1.82, 2.24) is 24.3 Å². The Morgan fingerprint density at radius 1 is 1.08 bits per heavy atom. The summed E-state index contributed by atoms with van der Waals surface area (Å²) in [5, 5.41) is 10.9. The number of aromatic amines is 1. The van der Waals surface area contributed by atoms with E-state index in [1.165, 1.54) is 0 Å². The minimum Gasteiger partial charge on any atom is -0.393 e. The van der Waals surface area contributed by atoms with Crippen molar-refractivity contribution in [2.45, 2.75) is 18.9 Å². The average Bonchev–Trinajstić information content (AvgIpc) is 3.29. The van der Waals surface area contributed by atoms with Crippen LogP contribution in [0.1, 0.15) is 12.8 Å². The highest BCUT2D eigenvalue weighted by Crippen LogP contribution is 2.31. The first-order chi connectivity index (χ1) is 12.3. The quantitative estimate of drug-likeness (QED) is 0.587. The summed E-state index contributed by atoms with van der Waals surface area (Å²) in [6, 6.07) is 4.05. The van der Waals surface area contributed by atoms with E-state index in [1.807, 2.05) is 36.9 Å². The number of fused-ring (bicyclic) bond motifs is 2. The molecule has 1 aliphatic rings. The van der Waals surface area contributed by atoms with Crippen molar-refractivity contribution >= 4 is 22.5 Å². The number of nitrogens with zero attached hydrogens (tertiary/aromatic N) is 5. The molecule has 0 aliphatic carbocycles. The number of rotatable bonds is 2. The van der Waals surface area contributed by atoms with Gasteiger partial charge in [0.2, 0.25) is 0 Å². The van der Waals surface area contributed by atoms with Gasteiger partial charge in [-0.15, -0.1) is 0 Å². The second-order valence-electron chi connectivity index (χ2n) is 6.42. The largest absolute Gasteiger partial charge is 0.393 e. The smallest absolute Gasteiger partial charge is 0.157 e. The lowest BCUT2D eigenvalue weighted by atomic mass is 10.1. The summed E-state index contributed by atoms with van der Waals surface area (Å²) < 4.78 is 2.15. The number of hydrogen-bond acceptors (Lipinski definition) is 5. The second kappa shape index (κ2) is 5.56. The Morgan fingerprint density at radius 3 is 2.84 bits per heavy atom. The molecule has 5 rings (SSSR count).